The van der Waals surface area contributed by atoms with Gasteiger partial charge in [-0.1, -0.05) is 6.92 Å². The zero-order valence-corrected chi connectivity index (χ0v) is 13.0. The number of benzene rings is 1. The highest BCUT2D eigenvalue weighted by Crippen LogP contribution is 2.30. The van der Waals surface area contributed by atoms with E-state index in [1.165, 1.54) is 12.1 Å². The minimum atomic E-state index is -3.18. The maximum atomic E-state index is 13.3. The molecular formula is C13H19FN2O2S2. The van der Waals surface area contributed by atoms with Gasteiger partial charge in [-0.05, 0) is 23.8 Å². The lowest BCUT2D eigenvalue weighted by Crippen LogP contribution is -2.48. The van der Waals surface area contributed by atoms with Crippen LogP contribution in [0.5, 0.6) is 0 Å². The molecule has 1 atom stereocenters. The summed E-state index contributed by atoms with van der Waals surface area (Å²) in [7, 11) is -3.18. The van der Waals surface area contributed by atoms with Gasteiger partial charge in [0.2, 0.25) is 0 Å². The Morgan fingerprint density at radius 3 is 2.90 bits per heavy atom. The molecule has 0 aromatic heterocycles. The van der Waals surface area contributed by atoms with Gasteiger partial charge in [-0.15, -0.1) is 0 Å². The molecule has 1 fully saturated rings. The molecule has 2 N–H and O–H groups in total. The molecular weight excluding hydrogens is 299 g/mol. The normalized spacial score (nSPS) is 20.1. The summed E-state index contributed by atoms with van der Waals surface area (Å²) in [6, 6.07) is 4.37. The number of anilines is 1. The van der Waals surface area contributed by atoms with Crippen molar-refractivity contribution in [1.29, 1.82) is 0 Å². The molecule has 1 aromatic carbocycles. The molecule has 0 radical (unpaired) electrons. The van der Waals surface area contributed by atoms with Gasteiger partial charge in [-0.25, -0.2) is 12.8 Å². The summed E-state index contributed by atoms with van der Waals surface area (Å²) in [6.45, 7) is 2.48. The molecule has 1 heterocycles. The second-order valence-electron chi connectivity index (χ2n) is 4.65. The predicted molar refractivity (Wildman–Crippen MR) is 82.2 cm³/mol. The van der Waals surface area contributed by atoms with E-state index in [0.717, 1.165) is 11.4 Å². The van der Waals surface area contributed by atoms with Gasteiger partial charge in [0.15, 0.2) is 9.84 Å². The maximum absolute atomic E-state index is 13.3. The summed E-state index contributed by atoms with van der Waals surface area (Å²) in [5, 5.41) is -0.554. The van der Waals surface area contributed by atoms with Crippen LogP contribution in [0.4, 0.5) is 10.1 Å². The van der Waals surface area contributed by atoms with E-state index in [1.54, 1.807) is 24.8 Å². The van der Waals surface area contributed by atoms with E-state index in [9.17, 15) is 12.8 Å². The van der Waals surface area contributed by atoms with Gasteiger partial charge >= 0.3 is 0 Å². The van der Waals surface area contributed by atoms with Crippen LogP contribution in [-0.4, -0.2) is 37.6 Å². The highest BCUT2D eigenvalue weighted by atomic mass is 32.2. The lowest BCUT2D eigenvalue weighted by Gasteiger charge is -2.37. The molecule has 0 bridgehead atoms. The van der Waals surface area contributed by atoms with E-state index in [1.807, 2.05) is 4.90 Å². The lowest BCUT2D eigenvalue weighted by molar-refractivity contribution is 0.579. The van der Waals surface area contributed by atoms with E-state index in [4.69, 9.17) is 5.73 Å². The third-order valence-electron chi connectivity index (χ3n) is 3.47. The molecule has 1 saturated heterocycles. The van der Waals surface area contributed by atoms with Crippen molar-refractivity contribution >= 4 is 27.3 Å². The summed E-state index contributed by atoms with van der Waals surface area (Å²) < 4.78 is 37.8. The molecule has 0 saturated carbocycles. The van der Waals surface area contributed by atoms with Crippen LogP contribution in [-0.2, 0) is 16.4 Å². The Morgan fingerprint density at radius 1 is 1.50 bits per heavy atom. The second-order valence-corrected chi connectivity index (χ2v) is 8.25. The highest BCUT2D eigenvalue weighted by Gasteiger charge is 2.33. The first-order valence-corrected chi connectivity index (χ1v) is 9.41. The fourth-order valence-electron chi connectivity index (χ4n) is 2.34. The summed E-state index contributed by atoms with van der Waals surface area (Å²) >= 11 is 1.63. The van der Waals surface area contributed by atoms with Gasteiger partial charge in [0.1, 0.15) is 11.2 Å². The van der Waals surface area contributed by atoms with Crippen LogP contribution < -0.4 is 10.6 Å². The molecule has 1 unspecified atom stereocenters. The van der Waals surface area contributed by atoms with Crippen molar-refractivity contribution in [2.24, 2.45) is 5.73 Å². The van der Waals surface area contributed by atoms with Gasteiger partial charge < -0.3 is 10.6 Å². The van der Waals surface area contributed by atoms with Gasteiger partial charge in [-0.3, -0.25) is 0 Å². The zero-order valence-electron chi connectivity index (χ0n) is 11.4. The average Bonchev–Trinajstić information content (AvgIpc) is 2.47. The van der Waals surface area contributed by atoms with Gasteiger partial charge in [0.25, 0.3) is 0 Å². The summed E-state index contributed by atoms with van der Waals surface area (Å²) in [6.07, 6.45) is 0. The number of thioether (sulfide) groups is 1. The molecule has 20 heavy (non-hydrogen) atoms. The minimum Gasteiger partial charge on any atom is -0.353 e. The monoisotopic (exact) mass is 318 g/mol. The van der Waals surface area contributed by atoms with Crippen molar-refractivity contribution < 1.29 is 12.8 Å². The fraction of sp³-hybridized carbons (Fsp3) is 0.538. The third-order valence-corrected chi connectivity index (χ3v) is 6.76. The van der Waals surface area contributed by atoms with E-state index in [-0.39, 0.29) is 18.1 Å². The zero-order chi connectivity index (χ0) is 14.8. The number of rotatable bonds is 4. The predicted octanol–water partition coefficient (Wildman–Crippen LogP) is 1.60. The Bertz CT molecular complexity index is 578. The molecule has 112 valence electrons. The third kappa shape index (κ3) is 3.10. The fourth-order valence-corrected chi connectivity index (χ4v) is 5.33. The first kappa shape index (κ1) is 15.6. The van der Waals surface area contributed by atoms with Crippen LogP contribution in [0, 0.1) is 5.82 Å². The lowest BCUT2D eigenvalue weighted by atomic mass is 10.1. The van der Waals surface area contributed by atoms with Crippen molar-refractivity contribution in [3.05, 3.63) is 29.6 Å². The van der Waals surface area contributed by atoms with Gasteiger partial charge in [0, 0.05) is 36.0 Å². The standard InChI is InChI=1S/C13H19FN2O2S2/c1-2-20(17,18)13-9-19-6-5-16(13)12-4-3-11(14)7-10(12)8-15/h3-4,7,13H,2,5-6,8-9,15H2,1H3. The molecule has 4 nitrogen and oxygen atoms in total. The Labute approximate surface area is 123 Å². The number of nitrogens with two attached hydrogens (primary N) is 1. The molecule has 0 spiro atoms. The molecule has 1 aliphatic rings. The molecule has 1 aliphatic heterocycles. The smallest absolute Gasteiger partial charge is 0.171 e. The summed E-state index contributed by atoms with van der Waals surface area (Å²) in [4.78, 5) is 1.86. The van der Waals surface area contributed by atoms with Crippen LogP contribution in [0.15, 0.2) is 18.2 Å². The number of nitrogens with zero attached hydrogens (tertiary/aromatic N) is 1. The van der Waals surface area contributed by atoms with Gasteiger partial charge in [-0.2, -0.15) is 11.8 Å². The van der Waals surface area contributed by atoms with Crippen molar-refractivity contribution in [2.75, 3.05) is 28.7 Å². The number of halogens is 1. The molecule has 2 rings (SSSR count). The van der Waals surface area contributed by atoms with Crippen LogP contribution in [0.2, 0.25) is 0 Å². The SMILES string of the molecule is CCS(=O)(=O)C1CSCCN1c1ccc(F)cc1CN. The molecule has 0 amide bonds. The quantitative estimate of drug-likeness (QED) is 0.913. The summed E-state index contributed by atoms with van der Waals surface area (Å²) in [5.41, 5.74) is 7.04. The van der Waals surface area contributed by atoms with Crippen molar-refractivity contribution in [3.8, 4) is 0 Å². The van der Waals surface area contributed by atoms with E-state index in [2.05, 4.69) is 0 Å². The van der Waals surface area contributed by atoms with Crippen molar-refractivity contribution in [3.63, 3.8) is 0 Å². The maximum Gasteiger partial charge on any atom is 0.171 e. The first-order valence-electron chi connectivity index (χ1n) is 6.54. The molecule has 1 aromatic rings. The Kier molecular flexibility index (Phi) is 4.93. The Balaban J connectivity index is 2.43. The van der Waals surface area contributed by atoms with Crippen molar-refractivity contribution in [1.82, 2.24) is 0 Å². The van der Waals surface area contributed by atoms with E-state index >= 15 is 0 Å². The highest BCUT2D eigenvalue weighted by molar-refractivity contribution is 8.01. The van der Waals surface area contributed by atoms with Gasteiger partial charge in [0.05, 0.1) is 0 Å². The first-order chi connectivity index (χ1) is 9.49. The number of hydrogen-bond donors (Lipinski definition) is 1. The van der Waals surface area contributed by atoms with Crippen molar-refractivity contribution in [2.45, 2.75) is 18.8 Å². The van der Waals surface area contributed by atoms with E-state index < -0.39 is 15.2 Å². The largest absolute Gasteiger partial charge is 0.353 e. The Hall–Kier alpha value is -0.790. The second kappa shape index (κ2) is 6.32. The van der Waals surface area contributed by atoms with Crippen LogP contribution in [0.1, 0.15) is 12.5 Å². The number of sulfone groups is 1. The minimum absolute atomic E-state index is 0.105. The van der Waals surface area contributed by atoms with Crippen LogP contribution in [0.25, 0.3) is 0 Å². The molecule has 0 aliphatic carbocycles. The van der Waals surface area contributed by atoms with Crippen LogP contribution in [0.3, 0.4) is 0 Å². The molecule has 7 heteroatoms. The Morgan fingerprint density at radius 2 is 2.25 bits per heavy atom. The average molecular weight is 318 g/mol. The number of hydrogen-bond acceptors (Lipinski definition) is 5. The topological polar surface area (TPSA) is 63.4 Å². The van der Waals surface area contributed by atoms with E-state index in [0.29, 0.717) is 17.9 Å². The summed E-state index contributed by atoms with van der Waals surface area (Å²) in [5.74, 6) is 1.15. The van der Waals surface area contributed by atoms with Crippen LogP contribution >= 0.6 is 11.8 Å².